The van der Waals surface area contributed by atoms with Gasteiger partial charge in [-0.05, 0) is 47.6 Å². The fourth-order valence-corrected chi connectivity index (χ4v) is 3.67. The van der Waals surface area contributed by atoms with E-state index in [2.05, 4.69) is 43.8 Å². The van der Waals surface area contributed by atoms with Gasteiger partial charge in [0.05, 0.1) is 5.56 Å². The number of carbonyl (C=O) groups is 1. The summed E-state index contributed by atoms with van der Waals surface area (Å²) in [4.78, 5) is 12.7. The molecule has 2 unspecified atom stereocenters. The molecule has 1 saturated carbocycles. The van der Waals surface area contributed by atoms with E-state index in [1.54, 1.807) is 0 Å². The minimum atomic E-state index is 0.0522. The lowest BCUT2D eigenvalue weighted by Crippen LogP contribution is -2.40. The van der Waals surface area contributed by atoms with Crippen molar-refractivity contribution in [3.63, 3.8) is 0 Å². The molecule has 2 atom stereocenters. The van der Waals surface area contributed by atoms with Crippen molar-refractivity contribution in [3.05, 3.63) is 33.4 Å². The van der Waals surface area contributed by atoms with Crippen molar-refractivity contribution in [2.24, 2.45) is 0 Å². The van der Waals surface area contributed by atoms with E-state index < -0.39 is 0 Å². The molecule has 1 aliphatic rings. The van der Waals surface area contributed by atoms with Gasteiger partial charge in [0.25, 0.3) is 5.91 Å². The van der Waals surface area contributed by atoms with Crippen molar-refractivity contribution in [2.45, 2.75) is 43.0 Å². The van der Waals surface area contributed by atoms with Crippen LogP contribution >= 0.6 is 38.5 Å². The van der Waals surface area contributed by atoms with Crippen LogP contribution in [0, 0.1) is 3.57 Å². The zero-order chi connectivity index (χ0) is 13.0. The number of carbonyl (C=O) groups excluding carboxylic acids is 1. The predicted octanol–water partition coefficient (Wildman–Crippen LogP) is 4.12. The standard InChI is InChI=1S/C14H17BrINO/c15-11-7-2-1-3-9-13(11)17-14(18)10-6-4-5-8-12(10)16/h4-6,8,11,13H,1-3,7,9H2,(H,17,18). The van der Waals surface area contributed by atoms with Crippen LogP contribution < -0.4 is 5.32 Å². The molecular weight excluding hydrogens is 405 g/mol. The highest BCUT2D eigenvalue weighted by Crippen LogP contribution is 2.24. The SMILES string of the molecule is O=C(NC1CCCCCC1Br)c1ccccc1I. The fraction of sp³-hybridized carbons (Fsp3) is 0.500. The van der Waals surface area contributed by atoms with Crippen molar-refractivity contribution >= 4 is 44.4 Å². The second-order valence-corrected chi connectivity index (χ2v) is 7.05. The first-order valence-corrected chi connectivity index (χ1v) is 8.37. The van der Waals surface area contributed by atoms with Crippen LogP contribution in [-0.4, -0.2) is 16.8 Å². The summed E-state index contributed by atoms with van der Waals surface area (Å²) in [5.41, 5.74) is 0.780. The summed E-state index contributed by atoms with van der Waals surface area (Å²) in [5, 5.41) is 3.18. The summed E-state index contributed by atoms with van der Waals surface area (Å²) >= 11 is 5.92. The maximum Gasteiger partial charge on any atom is 0.252 e. The van der Waals surface area contributed by atoms with Gasteiger partial charge in [0.2, 0.25) is 0 Å². The normalized spacial score (nSPS) is 24.3. The van der Waals surface area contributed by atoms with Gasteiger partial charge in [-0.2, -0.15) is 0 Å². The highest BCUT2D eigenvalue weighted by atomic mass is 127. The number of nitrogens with one attached hydrogen (secondary N) is 1. The van der Waals surface area contributed by atoms with Gasteiger partial charge in [-0.15, -0.1) is 0 Å². The Bertz CT molecular complexity index is 424. The summed E-state index contributed by atoms with van der Waals surface area (Å²) in [6, 6.07) is 7.98. The van der Waals surface area contributed by atoms with E-state index in [0.717, 1.165) is 22.0 Å². The second kappa shape index (κ2) is 6.89. The molecule has 0 aromatic heterocycles. The zero-order valence-corrected chi connectivity index (χ0v) is 13.9. The Balaban J connectivity index is 2.04. The van der Waals surface area contributed by atoms with Gasteiger partial charge in [0.15, 0.2) is 0 Å². The molecule has 1 N–H and O–H groups in total. The summed E-state index contributed by atoms with van der Waals surface area (Å²) < 4.78 is 1.01. The number of hydrogen-bond acceptors (Lipinski definition) is 1. The van der Waals surface area contributed by atoms with Gasteiger partial charge in [-0.1, -0.05) is 47.3 Å². The highest BCUT2D eigenvalue weighted by molar-refractivity contribution is 14.1. The number of benzene rings is 1. The lowest BCUT2D eigenvalue weighted by molar-refractivity contribution is 0.0934. The Labute approximate surface area is 130 Å². The number of hydrogen-bond donors (Lipinski definition) is 1. The Morgan fingerprint density at radius 3 is 2.72 bits per heavy atom. The monoisotopic (exact) mass is 421 g/mol. The topological polar surface area (TPSA) is 29.1 Å². The van der Waals surface area contributed by atoms with Crippen molar-refractivity contribution in [1.82, 2.24) is 5.32 Å². The number of halogens is 2. The van der Waals surface area contributed by atoms with E-state index in [9.17, 15) is 4.79 Å². The van der Waals surface area contributed by atoms with Gasteiger partial charge >= 0.3 is 0 Å². The molecule has 4 heteroatoms. The highest BCUT2D eigenvalue weighted by Gasteiger charge is 2.23. The first-order valence-electron chi connectivity index (χ1n) is 6.38. The van der Waals surface area contributed by atoms with Crippen LogP contribution in [0.5, 0.6) is 0 Å². The minimum Gasteiger partial charge on any atom is -0.348 e. The van der Waals surface area contributed by atoms with E-state index in [4.69, 9.17) is 0 Å². The van der Waals surface area contributed by atoms with Gasteiger partial charge in [0.1, 0.15) is 0 Å². The van der Waals surface area contributed by atoms with Gasteiger partial charge in [-0.25, -0.2) is 0 Å². The zero-order valence-electron chi connectivity index (χ0n) is 10.2. The van der Waals surface area contributed by atoms with Crippen LogP contribution in [0.1, 0.15) is 42.5 Å². The molecule has 2 rings (SSSR count). The molecule has 1 fully saturated rings. The van der Waals surface area contributed by atoms with Crippen molar-refractivity contribution in [3.8, 4) is 0 Å². The maximum absolute atomic E-state index is 12.3. The predicted molar refractivity (Wildman–Crippen MR) is 86.2 cm³/mol. The van der Waals surface area contributed by atoms with E-state index in [1.807, 2.05) is 24.3 Å². The van der Waals surface area contributed by atoms with Crippen molar-refractivity contribution in [2.75, 3.05) is 0 Å². The third-order valence-electron chi connectivity index (χ3n) is 3.37. The van der Waals surface area contributed by atoms with E-state index in [0.29, 0.717) is 4.83 Å². The Morgan fingerprint density at radius 1 is 1.22 bits per heavy atom. The molecule has 98 valence electrons. The van der Waals surface area contributed by atoms with Crippen molar-refractivity contribution in [1.29, 1.82) is 0 Å². The van der Waals surface area contributed by atoms with Crippen LogP contribution in [0.2, 0.25) is 0 Å². The third kappa shape index (κ3) is 3.70. The smallest absolute Gasteiger partial charge is 0.252 e. The van der Waals surface area contributed by atoms with Crippen LogP contribution in [-0.2, 0) is 0 Å². The average molecular weight is 422 g/mol. The molecule has 0 heterocycles. The number of amides is 1. The van der Waals surface area contributed by atoms with Gasteiger partial charge in [-0.3, -0.25) is 4.79 Å². The minimum absolute atomic E-state index is 0.0522. The van der Waals surface area contributed by atoms with Gasteiger partial charge in [0, 0.05) is 14.4 Å². The van der Waals surface area contributed by atoms with Crippen LogP contribution in [0.3, 0.4) is 0 Å². The largest absolute Gasteiger partial charge is 0.348 e. The Hall–Kier alpha value is -0.100. The van der Waals surface area contributed by atoms with Crippen LogP contribution in [0.25, 0.3) is 0 Å². The number of rotatable bonds is 2. The van der Waals surface area contributed by atoms with Crippen molar-refractivity contribution < 1.29 is 4.79 Å². The molecule has 0 saturated heterocycles. The maximum atomic E-state index is 12.3. The molecule has 1 amide bonds. The number of alkyl halides is 1. The molecule has 1 aromatic rings. The molecule has 2 nitrogen and oxygen atoms in total. The Morgan fingerprint density at radius 2 is 1.94 bits per heavy atom. The molecule has 1 aromatic carbocycles. The summed E-state index contributed by atoms with van der Waals surface area (Å²) in [6.07, 6.45) is 5.96. The second-order valence-electron chi connectivity index (χ2n) is 4.71. The molecule has 0 aliphatic heterocycles. The van der Waals surface area contributed by atoms with Crippen LogP contribution in [0.15, 0.2) is 24.3 Å². The van der Waals surface area contributed by atoms with E-state index >= 15 is 0 Å². The molecule has 1 aliphatic carbocycles. The van der Waals surface area contributed by atoms with E-state index in [1.165, 1.54) is 19.3 Å². The molecular formula is C14H17BrINO. The molecule has 0 spiro atoms. The first-order chi connectivity index (χ1) is 8.68. The molecule has 0 bridgehead atoms. The third-order valence-corrected chi connectivity index (χ3v) is 5.40. The van der Waals surface area contributed by atoms with Gasteiger partial charge < -0.3 is 5.32 Å². The van der Waals surface area contributed by atoms with Crippen LogP contribution in [0.4, 0.5) is 0 Å². The lowest BCUT2D eigenvalue weighted by Gasteiger charge is -2.21. The average Bonchev–Trinajstić information content (AvgIpc) is 2.55. The summed E-state index contributed by atoms with van der Waals surface area (Å²) in [6.45, 7) is 0. The molecule has 0 radical (unpaired) electrons. The quantitative estimate of drug-likeness (QED) is 0.434. The first kappa shape index (κ1) is 14.3. The fourth-order valence-electron chi connectivity index (χ4n) is 2.32. The Kier molecular flexibility index (Phi) is 5.48. The lowest BCUT2D eigenvalue weighted by atomic mass is 10.1. The summed E-state index contributed by atoms with van der Waals surface area (Å²) in [7, 11) is 0. The molecule has 18 heavy (non-hydrogen) atoms. The summed E-state index contributed by atoms with van der Waals surface area (Å²) in [5.74, 6) is 0.0522. The van der Waals surface area contributed by atoms with E-state index in [-0.39, 0.29) is 11.9 Å².